The van der Waals surface area contributed by atoms with E-state index in [4.69, 9.17) is 10.8 Å². The molecule has 0 aliphatic rings. The Labute approximate surface area is 73.4 Å². The van der Waals surface area contributed by atoms with Crippen LogP contribution >= 0.6 is 11.3 Å². The molecule has 1 heterocycles. The topological polar surface area (TPSA) is 76.2 Å². The Morgan fingerprint density at radius 1 is 1.83 bits per heavy atom. The third-order valence-corrected chi connectivity index (χ3v) is 2.00. The second-order valence-corrected chi connectivity index (χ2v) is 2.89. The van der Waals surface area contributed by atoms with Gasteiger partial charge in [0.2, 0.25) is 0 Å². The van der Waals surface area contributed by atoms with Gasteiger partial charge in [-0.1, -0.05) is 6.08 Å². The largest absolute Gasteiger partial charge is 0.476 e. The third kappa shape index (κ3) is 1.90. The molecule has 0 amide bonds. The molecule has 0 radical (unpaired) electrons. The highest BCUT2D eigenvalue weighted by Crippen LogP contribution is 2.14. The van der Waals surface area contributed by atoms with Crippen LogP contribution in [0.5, 0.6) is 0 Å². The number of nitrogens with two attached hydrogens (primary N) is 1. The number of carboxylic acids is 1. The average molecular weight is 184 g/mol. The van der Waals surface area contributed by atoms with Crippen molar-refractivity contribution >= 4 is 23.4 Å². The zero-order valence-corrected chi connectivity index (χ0v) is 7.04. The van der Waals surface area contributed by atoms with E-state index >= 15 is 0 Å². The molecule has 12 heavy (non-hydrogen) atoms. The van der Waals surface area contributed by atoms with Gasteiger partial charge in [-0.3, -0.25) is 0 Å². The summed E-state index contributed by atoms with van der Waals surface area (Å²) in [7, 11) is 0. The van der Waals surface area contributed by atoms with Gasteiger partial charge in [0.15, 0.2) is 5.69 Å². The lowest BCUT2D eigenvalue weighted by molar-refractivity contribution is 0.0691. The number of rotatable bonds is 3. The van der Waals surface area contributed by atoms with E-state index in [-0.39, 0.29) is 5.69 Å². The third-order valence-electron chi connectivity index (χ3n) is 1.20. The monoisotopic (exact) mass is 184 g/mol. The van der Waals surface area contributed by atoms with Gasteiger partial charge in [0.25, 0.3) is 0 Å². The Bertz CT molecular complexity index is 306. The molecule has 0 bridgehead atoms. The summed E-state index contributed by atoms with van der Waals surface area (Å²) in [5.41, 5.74) is 6.81. The van der Waals surface area contributed by atoms with Crippen molar-refractivity contribution in [2.45, 2.75) is 0 Å². The molecule has 0 unspecified atom stereocenters. The highest BCUT2D eigenvalue weighted by Gasteiger charge is 2.09. The number of aromatic carboxylic acids is 1. The van der Waals surface area contributed by atoms with Gasteiger partial charge in [-0.25, -0.2) is 9.78 Å². The summed E-state index contributed by atoms with van der Waals surface area (Å²) in [5.74, 6) is -1.01. The maximum Gasteiger partial charge on any atom is 0.356 e. The maximum atomic E-state index is 10.5. The summed E-state index contributed by atoms with van der Waals surface area (Å²) in [5, 5.41) is 8.63. The van der Waals surface area contributed by atoms with Crippen LogP contribution in [0.3, 0.4) is 0 Å². The molecule has 0 aliphatic carbocycles. The molecule has 0 atom stereocenters. The minimum atomic E-state index is -1.01. The van der Waals surface area contributed by atoms with Gasteiger partial charge in [-0.2, -0.15) is 0 Å². The lowest BCUT2D eigenvalue weighted by Gasteiger charge is -1.88. The molecule has 0 aromatic carbocycles. The molecule has 1 rings (SSSR count). The van der Waals surface area contributed by atoms with Crippen LogP contribution in [0, 0.1) is 0 Å². The molecule has 0 fully saturated rings. The fourth-order valence-electron chi connectivity index (χ4n) is 0.709. The summed E-state index contributed by atoms with van der Waals surface area (Å²) < 4.78 is 0. The summed E-state index contributed by atoms with van der Waals surface area (Å²) in [6.07, 6.45) is 3.36. The van der Waals surface area contributed by atoms with Gasteiger partial charge >= 0.3 is 5.97 Å². The fourth-order valence-corrected chi connectivity index (χ4v) is 1.41. The molecule has 0 saturated heterocycles. The molecule has 0 aliphatic heterocycles. The summed E-state index contributed by atoms with van der Waals surface area (Å²) in [6, 6.07) is 0. The van der Waals surface area contributed by atoms with Crippen molar-refractivity contribution in [3.8, 4) is 0 Å². The first-order chi connectivity index (χ1) is 5.75. The van der Waals surface area contributed by atoms with Crippen LogP contribution < -0.4 is 5.73 Å². The molecule has 0 spiro atoms. The first-order valence-electron chi connectivity index (χ1n) is 3.29. The maximum absolute atomic E-state index is 10.5. The molecule has 0 saturated carbocycles. The van der Waals surface area contributed by atoms with Crippen molar-refractivity contribution < 1.29 is 9.90 Å². The minimum Gasteiger partial charge on any atom is -0.476 e. The summed E-state index contributed by atoms with van der Waals surface area (Å²) in [4.78, 5) is 14.9. The average Bonchev–Trinajstić information content (AvgIpc) is 2.48. The van der Waals surface area contributed by atoms with Crippen LogP contribution in [-0.4, -0.2) is 22.6 Å². The smallest absolute Gasteiger partial charge is 0.356 e. The van der Waals surface area contributed by atoms with E-state index < -0.39 is 5.97 Å². The van der Waals surface area contributed by atoms with Crippen LogP contribution in [0.15, 0.2) is 11.6 Å². The van der Waals surface area contributed by atoms with E-state index in [0.29, 0.717) is 11.4 Å². The van der Waals surface area contributed by atoms with Gasteiger partial charge in [0, 0.05) is 6.54 Å². The van der Waals surface area contributed by atoms with Crippen LogP contribution in [-0.2, 0) is 0 Å². The highest BCUT2D eigenvalue weighted by atomic mass is 32.1. The summed E-state index contributed by atoms with van der Waals surface area (Å²) >= 11 is 1.28. The van der Waals surface area contributed by atoms with Crippen molar-refractivity contribution in [1.82, 2.24) is 4.98 Å². The molecule has 64 valence electrons. The van der Waals surface area contributed by atoms with Crippen LogP contribution in [0.1, 0.15) is 15.4 Å². The Kier molecular flexibility index (Phi) is 2.95. The Hall–Kier alpha value is -1.20. The van der Waals surface area contributed by atoms with E-state index in [1.54, 1.807) is 12.2 Å². The molecule has 1 aromatic heterocycles. The molecule has 5 heteroatoms. The van der Waals surface area contributed by atoms with E-state index in [1.165, 1.54) is 16.8 Å². The first-order valence-corrected chi connectivity index (χ1v) is 4.17. The van der Waals surface area contributed by atoms with Gasteiger partial charge in [0.05, 0.1) is 10.4 Å². The lowest BCUT2D eigenvalue weighted by Crippen LogP contribution is -1.98. The van der Waals surface area contributed by atoms with Crippen LogP contribution in [0.4, 0.5) is 0 Å². The van der Waals surface area contributed by atoms with Crippen molar-refractivity contribution in [3.63, 3.8) is 0 Å². The van der Waals surface area contributed by atoms with E-state index in [9.17, 15) is 4.79 Å². The van der Waals surface area contributed by atoms with Gasteiger partial charge < -0.3 is 10.8 Å². The van der Waals surface area contributed by atoms with Crippen molar-refractivity contribution in [2.75, 3.05) is 6.54 Å². The van der Waals surface area contributed by atoms with E-state index in [0.717, 1.165) is 0 Å². The van der Waals surface area contributed by atoms with Crippen molar-refractivity contribution in [3.05, 3.63) is 22.2 Å². The van der Waals surface area contributed by atoms with E-state index in [2.05, 4.69) is 4.98 Å². The minimum absolute atomic E-state index is 0.0877. The second kappa shape index (κ2) is 3.99. The zero-order valence-electron chi connectivity index (χ0n) is 6.23. The molecular weight excluding hydrogens is 176 g/mol. The van der Waals surface area contributed by atoms with E-state index in [1.807, 2.05) is 0 Å². The molecular formula is C7H8N2O2S. The van der Waals surface area contributed by atoms with Gasteiger partial charge in [0.1, 0.15) is 0 Å². The molecule has 1 aromatic rings. The Morgan fingerprint density at radius 3 is 3.17 bits per heavy atom. The number of hydrogen-bond donors (Lipinski definition) is 2. The quantitative estimate of drug-likeness (QED) is 0.729. The normalized spacial score (nSPS) is 10.8. The van der Waals surface area contributed by atoms with Crippen molar-refractivity contribution in [1.29, 1.82) is 0 Å². The predicted octanol–water partition coefficient (Wildman–Crippen LogP) is 0.813. The number of aromatic nitrogens is 1. The zero-order chi connectivity index (χ0) is 8.97. The predicted molar refractivity (Wildman–Crippen MR) is 47.2 cm³/mol. The molecule has 4 nitrogen and oxygen atoms in total. The highest BCUT2D eigenvalue weighted by molar-refractivity contribution is 7.10. The number of carboxylic acid groups (broad SMARTS) is 1. The number of thiazole rings is 1. The first kappa shape index (κ1) is 8.89. The van der Waals surface area contributed by atoms with Crippen molar-refractivity contribution in [2.24, 2.45) is 5.73 Å². The fraction of sp³-hybridized carbons (Fsp3) is 0.143. The van der Waals surface area contributed by atoms with Gasteiger partial charge in [-0.05, 0) is 6.08 Å². The van der Waals surface area contributed by atoms with Crippen LogP contribution in [0.25, 0.3) is 6.08 Å². The SMILES string of the molecule is NCC=Cc1scnc1C(=O)O. The number of nitrogens with zero attached hydrogens (tertiary/aromatic N) is 1. The van der Waals surface area contributed by atoms with Crippen LogP contribution in [0.2, 0.25) is 0 Å². The molecule has 3 N–H and O–H groups in total. The Morgan fingerprint density at radius 2 is 2.58 bits per heavy atom. The second-order valence-electron chi connectivity index (χ2n) is 2.01. The lowest BCUT2D eigenvalue weighted by atomic mass is 10.3. The standard InChI is InChI=1S/C7H8N2O2S/c8-3-1-2-5-6(7(10)11)9-4-12-5/h1-2,4H,3,8H2,(H,10,11). The van der Waals surface area contributed by atoms with Gasteiger partial charge in [-0.15, -0.1) is 11.3 Å². The Balaban J connectivity index is 2.91. The summed E-state index contributed by atoms with van der Waals surface area (Å²) in [6.45, 7) is 0.400. The number of carbonyl (C=O) groups is 1. The number of hydrogen-bond acceptors (Lipinski definition) is 4.